The summed E-state index contributed by atoms with van der Waals surface area (Å²) in [5.74, 6) is -0.817. The Bertz CT molecular complexity index is 613. The van der Waals surface area contributed by atoms with Crippen molar-refractivity contribution in [2.45, 2.75) is 13.8 Å². The van der Waals surface area contributed by atoms with E-state index in [0.717, 1.165) is 11.0 Å². The number of hydrogen-bond acceptors (Lipinski definition) is 4. The number of carbonyl (C=O) groups is 2. The highest BCUT2D eigenvalue weighted by Crippen LogP contribution is 2.25. The lowest BCUT2D eigenvalue weighted by atomic mass is 9.84. The predicted molar refractivity (Wildman–Crippen MR) is 66.2 cm³/mol. The van der Waals surface area contributed by atoms with Crippen molar-refractivity contribution in [3.63, 3.8) is 0 Å². The monoisotopic (exact) mass is 246 g/mol. The number of benzene rings is 1. The van der Waals surface area contributed by atoms with Crippen molar-refractivity contribution in [1.29, 1.82) is 0 Å². The molecule has 0 amide bonds. The third-order valence-corrected chi connectivity index (χ3v) is 2.95. The molecule has 94 valence electrons. The van der Waals surface area contributed by atoms with Crippen LogP contribution in [0.15, 0.2) is 24.5 Å². The van der Waals surface area contributed by atoms with Gasteiger partial charge in [0.15, 0.2) is 5.78 Å². The van der Waals surface area contributed by atoms with E-state index in [4.69, 9.17) is 0 Å². The molecule has 0 aliphatic rings. The number of nitrogens with zero attached hydrogens (tertiary/aromatic N) is 1. The summed E-state index contributed by atoms with van der Waals surface area (Å²) >= 11 is 0. The van der Waals surface area contributed by atoms with Crippen LogP contribution in [0.25, 0.3) is 11.0 Å². The molecular formula is C13H14N2O3. The van der Waals surface area contributed by atoms with E-state index in [1.165, 1.54) is 7.11 Å². The highest BCUT2D eigenvalue weighted by molar-refractivity contribution is 6.12. The van der Waals surface area contributed by atoms with E-state index in [-0.39, 0.29) is 5.78 Å². The van der Waals surface area contributed by atoms with Crippen molar-refractivity contribution < 1.29 is 14.3 Å². The molecule has 1 aromatic carbocycles. The number of nitrogens with one attached hydrogen (secondary N) is 1. The van der Waals surface area contributed by atoms with Crippen LogP contribution >= 0.6 is 0 Å². The summed E-state index contributed by atoms with van der Waals surface area (Å²) in [5.41, 5.74) is 0.814. The van der Waals surface area contributed by atoms with Crippen LogP contribution in [0.1, 0.15) is 24.2 Å². The van der Waals surface area contributed by atoms with Gasteiger partial charge < -0.3 is 9.72 Å². The standard InChI is InChI=1S/C13H14N2O3/c1-13(2,12(17)18-3)11(16)8-4-5-9-10(6-8)15-7-14-9/h4-7H,1-3H3,(H,14,15). The molecule has 0 spiro atoms. The molecule has 0 saturated carbocycles. The smallest absolute Gasteiger partial charge is 0.319 e. The molecule has 0 saturated heterocycles. The first-order valence-electron chi connectivity index (χ1n) is 5.53. The number of aromatic amines is 1. The van der Waals surface area contributed by atoms with E-state index >= 15 is 0 Å². The SMILES string of the molecule is COC(=O)C(C)(C)C(=O)c1ccc2nc[nH]c2c1. The summed E-state index contributed by atoms with van der Waals surface area (Å²) in [6, 6.07) is 5.10. The van der Waals surface area contributed by atoms with Gasteiger partial charge >= 0.3 is 5.97 Å². The number of rotatable bonds is 3. The van der Waals surface area contributed by atoms with Crippen molar-refractivity contribution in [2.75, 3.05) is 7.11 Å². The molecule has 2 aromatic rings. The van der Waals surface area contributed by atoms with Gasteiger partial charge in [-0.05, 0) is 32.0 Å². The maximum absolute atomic E-state index is 12.3. The zero-order valence-electron chi connectivity index (χ0n) is 10.5. The van der Waals surface area contributed by atoms with Gasteiger partial charge in [0.2, 0.25) is 0 Å². The topological polar surface area (TPSA) is 72.1 Å². The van der Waals surface area contributed by atoms with Crippen molar-refractivity contribution in [2.24, 2.45) is 5.41 Å². The molecule has 1 aromatic heterocycles. The Labute approximate surface area is 104 Å². The summed E-state index contributed by atoms with van der Waals surface area (Å²) in [5, 5.41) is 0. The fourth-order valence-corrected chi connectivity index (χ4v) is 1.79. The average molecular weight is 246 g/mol. The second-order valence-electron chi connectivity index (χ2n) is 4.58. The molecule has 0 atom stereocenters. The van der Waals surface area contributed by atoms with Crippen LogP contribution in [0.5, 0.6) is 0 Å². The highest BCUT2D eigenvalue weighted by Gasteiger charge is 2.37. The lowest BCUT2D eigenvalue weighted by Crippen LogP contribution is -2.34. The molecule has 0 aliphatic carbocycles. The Morgan fingerprint density at radius 3 is 2.72 bits per heavy atom. The number of esters is 1. The Morgan fingerprint density at radius 1 is 1.33 bits per heavy atom. The Morgan fingerprint density at radius 2 is 2.06 bits per heavy atom. The molecule has 18 heavy (non-hydrogen) atoms. The first-order chi connectivity index (χ1) is 8.46. The van der Waals surface area contributed by atoms with Crippen LogP contribution in [0.3, 0.4) is 0 Å². The molecule has 1 heterocycles. The van der Waals surface area contributed by atoms with E-state index in [1.54, 1.807) is 38.4 Å². The number of hydrogen-bond donors (Lipinski definition) is 1. The van der Waals surface area contributed by atoms with Gasteiger partial charge in [0.1, 0.15) is 5.41 Å². The molecule has 0 radical (unpaired) electrons. The van der Waals surface area contributed by atoms with Gasteiger partial charge in [0, 0.05) is 5.56 Å². The van der Waals surface area contributed by atoms with Crippen LogP contribution in [0.4, 0.5) is 0 Å². The Kier molecular flexibility index (Phi) is 2.90. The number of carbonyl (C=O) groups excluding carboxylic acids is 2. The summed E-state index contributed by atoms with van der Waals surface area (Å²) in [6.07, 6.45) is 1.56. The van der Waals surface area contributed by atoms with Crippen LogP contribution in [-0.2, 0) is 9.53 Å². The number of aromatic nitrogens is 2. The van der Waals surface area contributed by atoms with Gasteiger partial charge in [-0.15, -0.1) is 0 Å². The number of imidazole rings is 1. The summed E-state index contributed by atoms with van der Waals surface area (Å²) in [6.45, 7) is 3.11. The van der Waals surface area contributed by atoms with E-state index in [1.807, 2.05) is 0 Å². The van der Waals surface area contributed by atoms with E-state index in [9.17, 15) is 9.59 Å². The predicted octanol–water partition coefficient (Wildman–Crippen LogP) is 1.94. The molecule has 0 fully saturated rings. The van der Waals surface area contributed by atoms with Gasteiger partial charge in [-0.1, -0.05) is 0 Å². The fourth-order valence-electron chi connectivity index (χ4n) is 1.79. The molecule has 0 bridgehead atoms. The Balaban J connectivity index is 2.41. The van der Waals surface area contributed by atoms with E-state index in [0.29, 0.717) is 5.56 Å². The number of H-pyrrole nitrogens is 1. The van der Waals surface area contributed by atoms with Gasteiger partial charge in [0.05, 0.1) is 24.5 Å². The largest absolute Gasteiger partial charge is 0.468 e. The summed E-state index contributed by atoms with van der Waals surface area (Å²) in [4.78, 5) is 30.9. The first-order valence-corrected chi connectivity index (χ1v) is 5.53. The van der Waals surface area contributed by atoms with Gasteiger partial charge in [-0.3, -0.25) is 9.59 Å². The maximum Gasteiger partial charge on any atom is 0.319 e. The van der Waals surface area contributed by atoms with Crippen LogP contribution in [-0.4, -0.2) is 28.8 Å². The minimum atomic E-state index is -1.19. The quantitative estimate of drug-likeness (QED) is 0.510. The number of ether oxygens (including phenoxy) is 1. The number of methoxy groups -OCH3 is 1. The van der Waals surface area contributed by atoms with Crippen LogP contribution in [0, 0.1) is 5.41 Å². The zero-order valence-corrected chi connectivity index (χ0v) is 10.5. The van der Waals surface area contributed by atoms with Gasteiger partial charge in [-0.25, -0.2) is 4.98 Å². The Hall–Kier alpha value is -2.17. The molecule has 0 unspecified atom stereocenters. The number of Topliss-reactive ketones (excluding diaryl/α,β-unsaturated/α-hetero) is 1. The van der Waals surface area contributed by atoms with E-state index < -0.39 is 11.4 Å². The first kappa shape index (κ1) is 12.3. The third-order valence-electron chi connectivity index (χ3n) is 2.95. The number of fused-ring (bicyclic) bond motifs is 1. The molecule has 2 rings (SSSR count). The maximum atomic E-state index is 12.3. The average Bonchev–Trinajstić information content (AvgIpc) is 2.83. The highest BCUT2D eigenvalue weighted by atomic mass is 16.5. The molecule has 5 nitrogen and oxygen atoms in total. The summed E-state index contributed by atoms with van der Waals surface area (Å²) < 4.78 is 4.65. The minimum absolute atomic E-state index is 0.272. The van der Waals surface area contributed by atoms with Crippen LogP contribution in [0.2, 0.25) is 0 Å². The lowest BCUT2D eigenvalue weighted by Gasteiger charge is -2.19. The second kappa shape index (κ2) is 4.25. The minimum Gasteiger partial charge on any atom is -0.468 e. The van der Waals surface area contributed by atoms with Crippen molar-refractivity contribution in [3.05, 3.63) is 30.1 Å². The molecular weight excluding hydrogens is 232 g/mol. The molecule has 1 N–H and O–H groups in total. The molecule has 0 aliphatic heterocycles. The van der Waals surface area contributed by atoms with Crippen molar-refractivity contribution >= 4 is 22.8 Å². The van der Waals surface area contributed by atoms with Gasteiger partial charge in [0.25, 0.3) is 0 Å². The molecule has 5 heteroatoms. The summed E-state index contributed by atoms with van der Waals surface area (Å²) in [7, 11) is 1.27. The van der Waals surface area contributed by atoms with Crippen molar-refractivity contribution in [3.8, 4) is 0 Å². The zero-order chi connectivity index (χ0) is 13.3. The normalized spacial score (nSPS) is 11.5. The van der Waals surface area contributed by atoms with E-state index in [2.05, 4.69) is 14.7 Å². The lowest BCUT2D eigenvalue weighted by molar-refractivity contribution is -0.147. The third kappa shape index (κ3) is 1.88. The van der Waals surface area contributed by atoms with Gasteiger partial charge in [-0.2, -0.15) is 0 Å². The van der Waals surface area contributed by atoms with Crippen molar-refractivity contribution in [1.82, 2.24) is 9.97 Å². The van der Waals surface area contributed by atoms with Crippen LogP contribution < -0.4 is 0 Å². The fraction of sp³-hybridized carbons (Fsp3) is 0.308. The second-order valence-corrected chi connectivity index (χ2v) is 4.58. The number of ketones is 1.